The minimum atomic E-state index is 0.514. The van der Waals surface area contributed by atoms with Crippen molar-refractivity contribution >= 4 is 27.3 Å². The lowest BCUT2D eigenvalue weighted by molar-refractivity contribution is 0.593. The van der Waals surface area contributed by atoms with Gasteiger partial charge in [0.25, 0.3) is 0 Å². The van der Waals surface area contributed by atoms with Gasteiger partial charge in [-0.2, -0.15) is 0 Å². The normalized spacial score (nSPS) is 11.1. The zero-order chi connectivity index (χ0) is 13.0. The van der Waals surface area contributed by atoms with Crippen LogP contribution in [0.5, 0.6) is 0 Å². The molecule has 96 valence electrons. The molecule has 0 aliphatic carbocycles. The van der Waals surface area contributed by atoms with Crippen LogP contribution in [0.4, 0.5) is 0 Å². The number of hydrogen-bond donors (Lipinski definition) is 1. The molecule has 0 atom stereocenters. The second kappa shape index (κ2) is 6.45. The maximum absolute atomic E-state index is 4.48. The fraction of sp³-hybridized carbons (Fsp3) is 0.357. The number of aromatic nitrogens is 1. The van der Waals surface area contributed by atoms with Gasteiger partial charge in [0.15, 0.2) is 0 Å². The van der Waals surface area contributed by atoms with Crippen LogP contribution >= 0.6 is 27.3 Å². The van der Waals surface area contributed by atoms with Gasteiger partial charge in [-0.15, -0.1) is 11.3 Å². The summed E-state index contributed by atoms with van der Waals surface area (Å²) < 4.78 is 1.12. The Hall–Kier alpha value is -0.710. The molecule has 0 saturated heterocycles. The van der Waals surface area contributed by atoms with Crippen LogP contribution in [0.2, 0.25) is 0 Å². The van der Waals surface area contributed by atoms with Gasteiger partial charge in [-0.3, -0.25) is 0 Å². The van der Waals surface area contributed by atoms with Gasteiger partial charge in [0, 0.05) is 34.6 Å². The molecule has 0 radical (unpaired) electrons. The van der Waals surface area contributed by atoms with Gasteiger partial charge < -0.3 is 5.32 Å². The molecule has 0 aliphatic rings. The van der Waals surface area contributed by atoms with Gasteiger partial charge in [0.05, 0.1) is 5.01 Å². The van der Waals surface area contributed by atoms with Gasteiger partial charge in [-0.25, -0.2) is 4.98 Å². The lowest BCUT2D eigenvalue weighted by atomic mass is 10.2. The first-order valence-corrected chi connectivity index (χ1v) is 7.66. The van der Waals surface area contributed by atoms with E-state index in [1.807, 2.05) is 12.3 Å². The van der Waals surface area contributed by atoms with Crippen LogP contribution in [0.15, 0.2) is 34.9 Å². The molecule has 0 fully saturated rings. The summed E-state index contributed by atoms with van der Waals surface area (Å²) in [5, 5.41) is 4.59. The topological polar surface area (TPSA) is 24.9 Å². The van der Waals surface area contributed by atoms with Crippen molar-refractivity contribution in [3.63, 3.8) is 0 Å². The largest absolute Gasteiger partial charge is 0.310 e. The molecule has 1 heterocycles. The Bertz CT molecular complexity index is 508. The molecule has 0 amide bonds. The van der Waals surface area contributed by atoms with Crippen LogP contribution in [0.25, 0.3) is 0 Å². The Morgan fingerprint density at radius 2 is 2.22 bits per heavy atom. The molecule has 1 aromatic carbocycles. The summed E-state index contributed by atoms with van der Waals surface area (Å²) in [7, 11) is 0. The molecule has 2 nitrogen and oxygen atoms in total. The molecule has 2 aromatic rings. The number of rotatable bonds is 5. The summed E-state index contributed by atoms with van der Waals surface area (Å²) >= 11 is 5.28. The van der Waals surface area contributed by atoms with Crippen molar-refractivity contribution in [1.82, 2.24) is 10.3 Å². The van der Waals surface area contributed by atoms with Gasteiger partial charge in [0.2, 0.25) is 0 Å². The summed E-state index contributed by atoms with van der Waals surface area (Å²) in [5.74, 6) is 0. The third kappa shape index (κ3) is 4.19. The molecule has 2 rings (SSSR count). The first-order chi connectivity index (χ1) is 8.63. The highest BCUT2D eigenvalue weighted by molar-refractivity contribution is 9.10. The van der Waals surface area contributed by atoms with Crippen molar-refractivity contribution in [3.8, 4) is 0 Å². The van der Waals surface area contributed by atoms with Crippen molar-refractivity contribution in [1.29, 1.82) is 0 Å². The lowest BCUT2D eigenvalue weighted by Gasteiger charge is -2.04. The molecule has 0 aliphatic heterocycles. The first-order valence-electron chi connectivity index (χ1n) is 6.05. The first kappa shape index (κ1) is 13.7. The van der Waals surface area contributed by atoms with E-state index in [1.165, 1.54) is 15.4 Å². The number of nitrogens with one attached hydrogen (secondary N) is 1. The monoisotopic (exact) mass is 324 g/mol. The van der Waals surface area contributed by atoms with E-state index in [2.05, 4.69) is 58.3 Å². The van der Waals surface area contributed by atoms with Crippen LogP contribution in [0.3, 0.4) is 0 Å². The smallest absolute Gasteiger partial charge is 0.0972 e. The minimum Gasteiger partial charge on any atom is -0.310 e. The fourth-order valence-corrected chi connectivity index (χ4v) is 2.99. The Morgan fingerprint density at radius 3 is 2.94 bits per heavy atom. The zero-order valence-electron chi connectivity index (χ0n) is 10.6. The molecule has 1 N–H and O–H groups in total. The standard InChI is InChI=1S/C14H17BrN2S/c1-10(2)16-8-13-9-17-14(18-13)7-11-4-3-5-12(15)6-11/h3-6,9-10,16H,7-8H2,1-2H3. The zero-order valence-corrected chi connectivity index (χ0v) is 13.0. The highest BCUT2D eigenvalue weighted by atomic mass is 79.9. The SMILES string of the molecule is CC(C)NCc1cnc(Cc2cccc(Br)c2)s1. The van der Waals surface area contributed by atoms with Crippen molar-refractivity contribution in [2.75, 3.05) is 0 Å². The van der Waals surface area contributed by atoms with Gasteiger partial charge >= 0.3 is 0 Å². The van der Waals surface area contributed by atoms with E-state index >= 15 is 0 Å². The maximum atomic E-state index is 4.48. The summed E-state index contributed by atoms with van der Waals surface area (Å²) in [5.41, 5.74) is 1.29. The molecular weight excluding hydrogens is 308 g/mol. The van der Waals surface area contributed by atoms with Crippen LogP contribution in [-0.4, -0.2) is 11.0 Å². The molecule has 0 saturated carbocycles. The number of benzene rings is 1. The predicted octanol–water partition coefficient (Wildman–Crippen LogP) is 3.99. The average Bonchev–Trinajstić information content (AvgIpc) is 2.74. The van der Waals surface area contributed by atoms with Crippen molar-refractivity contribution in [2.24, 2.45) is 0 Å². The number of hydrogen-bond acceptors (Lipinski definition) is 3. The number of halogens is 1. The van der Waals surface area contributed by atoms with Crippen LogP contribution in [0, 0.1) is 0 Å². The van der Waals surface area contributed by atoms with Gasteiger partial charge in [-0.05, 0) is 17.7 Å². The summed E-state index contributed by atoms with van der Waals surface area (Å²) in [4.78, 5) is 5.78. The lowest BCUT2D eigenvalue weighted by Crippen LogP contribution is -2.21. The third-order valence-electron chi connectivity index (χ3n) is 2.53. The molecule has 0 spiro atoms. The molecule has 4 heteroatoms. The van der Waals surface area contributed by atoms with E-state index in [-0.39, 0.29) is 0 Å². The molecule has 0 bridgehead atoms. The van der Waals surface area contributed by atoms with Gasteiger partial charge in [-0.1, -0.05) is 41.9 Å². The van der Waals surface area contributed by atoms with Gasteiger partial charge in [0.1, 0.15) is 0 Å². The molecular formula is C14H17BrN2S. The van der Waals surface area contributed by atoms with Crippen LogP contribution in [-0.2, 0) is 13.0 Å². The number of nitrogens with zero attached hydrogens (tertiary/aromatic N) is 1. The Balaban J connectivity index is 1.98. The Labute approximate surface area is 121 Å². The second-order valence-electron chi connectivity index (χ2n) is 4.56. The van der Waals surface area contributed by atoms with Crippen molar-refractivity contribution in [3.05, 3.63) is 50.4 Å². The van der Waals surface area contributed by atoms with E-state index < -0.39 is 0 Å². The summed E-state index contributed by atoms with van der Waals surface area (Å²) in [6, 6.07) is 8.91. The van der Waals surface area contributed by atoms with E-state index in [1.54, 1.807) is 11.3 Å². The average molecular weight is 325 g/mol. The van der Waals surface area contributed by atoms with E-state index in [9.17, 15) is 0 Å². The third-order valence-corrected chi connectivity index (χ3v) is 4.02. The molecule has 18 heavy (non-hydrogen) atoms. The predicted molar refractivity (Wildman–Crippen MR) is 81.0 cm³/mol. The number of thiazole rings is 1. The minimum absolute atomic E-state index is 0.514. The summed E-state index contributed by atoms with van der Waals surface area (Å²) in [6.07, 6.45) is 2.89. The van der Waals surface area contributed by atoms with E-state index in [0.29, 0.717) is 6.04 Å². The van der Waals surface area contributed by atoms with Crippen molar-refractivity contribution < 1.29 is 0 Å². The van der Waals surface area contributed by atoms with Crippen LogP contribution in [0.1, 0.15) is 29.3 Å². The van der Waals surface area contributed by atoms with E-state index in [0.717, 1.165) is 17.4 Å². The highest BCUT2D eigenvalue weighted by Gasteiger charge is 2.04. The quantitative estimate of drug-likeness (QED) is 0.899. The molecule has 1 aromatic heterocycles. The Kier molecular flexibility index (Phi) is 4.92. The Morgan fingerprint density at radius 1 is 1.39 bits per heavy atom. The van der Waals surface area contributed by atoms with Crippen LogP contribution < -0.4 is 5.32 Å². The molecule has 0 unspecified atom stereocenters. The second-order valence-corrected chi connectivity index (χ2v) is 6.68. The maximum Gasteiger partial charge on any atom is 0.0972 e. The highest BCUT2D eigenvalue weighted by Crippen LogP contribution is 2.19. The fourth-order valence-electron chi connectivity index (χ4n) is 1.64. The van der Waals surface area contributed by atoms with E-state index in [4.69, 9.17) is 0 Å². The summed E-state index contributed by atoms with van der Waals surface area (Å²) in [6.45, 7) is 5.22. The van der Waals surface area contributed by atoms with Crippen molar-refractivity contribution in [2.45, 2.75) is 32.9 Å².